The Balaban J connectivity index is 0.000000196. The van der Waals surface area contributed by atoms with E-state index < -0.39 is 116 Å². The number of nitrogens with one attached hydrogen (secondary N) is 5. The highest BCUT2D eigenvalue weighted by Gasteiger charge is 2.64. The van der Waals surface area contributed by atoms with Crippen molar-refractivity contribution in [3.05, 3.63) is 108 Å². The highest BCUT2D eigenvalue weighted by Crippen LogP contribution is 2.54. The lowest BCUT2D eigenvalue weighted by Gasteiger charge is -2.35. The molecular formula is C89H115BrCl2N10O21S3. The Morgan fingerprint density at radius 3 is 1.56 bits per heavy atom. The van der Waals surface area contributed by atoms with Crippen LogP contribution in [0.4, 0.5) is 9.59 Å². The van der Waals surface area contributed by atoms with Crippen LogP contribution in [0.1, 0.15) is 159 Å². The zero-order chi connectivity index (χ0) is 89.4. The van der Waals surface area contributed by atoms with Crippen molar-refractivity contribution >= 4 is 141 Å². The van der Waals surface area contributed by atoms with E-state index in [1.165, 1.54) is 64.6 Å². The number of alkyl carbamates (subject to hydrolysis) is 2. The van der Waals surface area contributed by atoms with Crippen LogP contribution in [0.5, 0.6) is 17.2 Å². The monoisotopic (exact) mass is 1900 g/mol. The quantitative estimate of drug-likeness (QED) is 0.0110. The van der Waals surface area contributed by atoms with Crippen LogP contribution < -0.4 is 40.9 Å². The number of aromatic nitrogens is 4. The van der Waals surface area contributed by atoms with Crippen LogP contribution in [0.2, 0.25) is 10.0 Å². The normalized spacial score (nSPS) is 25.1. The van der Waals surface area contributed by atoms with Gasteiger partial charge in [-0.05, 0) is 160 Å². The van der Waals surface area contributed by atoms with Gasteiger partial charge in [-0.3, -0.25) is 28.2 Å². The summed E-state index contributed by atoms with van der Waals surface area (Å²) in [4.78, 5) is 140. The van der Waals surface area contributed by atoms with Gasteiger partial charge in [0.25, 0.3) is 10.1 Å². The van der Waals surface area contributed by atoms with Gasteiger partial charge in [0.2, 0.25) is 23.6 Å². The molecule has 37 heteroatoms. The molecular weight excluding hydrogens is 1790 g/mol. The van der Waals surface area contributed by atoms with Gasteiger partial charge in [0.15, 0.2) is 5.43 Å². The lowest BCUT2D eigenvalue weighted by molar-refractivity contribution is -0.148. The number of carbonyl (C=O) groups is 8. The van der Waals surface area contributed by atoms with Gasteiger partial charge in [-0.15, -0.1) is 22.7 Å². The molecule has 0 bridgehead atoms. The van der Waals surface area contributed by atoms with E-state index in [1.807, 2.05) is 59.2 Å². The highest BCUT2D eigenvalue weighted by atomic mass is 79.9. The number of hydrogen-bond acceptors (Lipinski definition) is 25. The van der Waals surface area contributed by atoms with Crippen LogP contribution >= 0.6 is 61.8 Å². The lowest BCUT2D eigenvalue weighted by atomic mass is 9.85. The number of rotatable bonds is 29. The number of pyridine rings is 2. The molecule has 16 atom stereocenters. The van der Waals surface area contributed by atoms with Gasteiger partial charge in [-0.25, -0.2) is 34.1 Å². The number of fused-ring (bicyclic) bond motifs is 4. The zero-order valence-electron chi connectivity index (χ0n) is 71.4. The summed E-state index contributed by atoms with van der Waals surface area (Å²) in [5.41, 5.74) is -0.439. The fourth-order valence-corrected chi connectivity index (χ4v) is 20.7. The molecule has 126 heavy (non-hydrogen) atoms. The van der Waals surface area contributed by atoms with Crippen molar-refractivity contribution in [2.24, 2.45) is 46.3 Å². The average Bonchev–Trinajstić information content (AvgIpc) is 1.61. The van der Waals surface area contributed by atoms with Crippen molar-refractivity contribution in [3.8, 4) is 38.7 Å². The molecule has 3 aromatic carbocycles. The van der Waals surface area contributed by atoms with Gasteiger partial charge >= 0.3 is 24.1 Å². The largest absolute Gasteiger partial charge is 0.490 e. The third-order valence-corrected chi connectivity index (χ3v) is 29.0. The van der Waals surface area contributed by atoms with Crippen LogP contribution in [-0.4, -0.2) is 212 Å². The van der Waals surface area contributed by atoms with Crippen LogP contribution in [0.3, 0.4) is 0 Å². The fraction of sp³-hybridized carbons (Fsp3) is 0.573. The number of aryl methyl sites for hydroxylation is 2. The summed E-state index contributed by atoms with van der Waals surface area (Å²) >= 11 is 19.5. The van der Waals surface area contributed by atoms with Gasteiger partial charge in [-0.1, -0.05) is 122 Å². The molecule has 8 aliphatic rings. The summed E-state index contributed by atoms with van der Waals surface area (Å²) < 4.78 is 77.2. The Labute approximate surface area is 760 Å². The molecule has 6 amide bonds. The van der Waals surface area contributed by atoms with Crippen molar-refractivity contribution in [3.63, 3.8) is 0 Å². The molecule has 4 aromatic heterocycles. The number of nitrogens with zero attached hydrogens (tertiary/aromatic N) is 5. The van der Waals surface area contributed by atoms with Gasteiger partial charge in [0.1, 0.15) is 110 Å². The maximum absolute atomic E-state index is 14.7. The van der Waals surface area contributed by atoms with E-state index in [2.05, 4.69) is 52.1 Å². The van der Waals surface area contributed by atoms with Gasteiger partial charge in [0.05, 0.1) is 54.6 Å². The number of carboxylic acids is 1. The summed E-state index contributed by atoms with van der Waals surface area (Å²) in [5.74, 6) is -0.620. The number of carbonyl (C=O) groups excluding carboxylic acids is 7. The molecule has 0 spiro atoms. The van der Waals surface area contributed by atoms with Crippen molar-refractivity contribution in [2.75, 3.05) is 60.8 Å². The highest BCUT2D eigenvalue weighted by molar-refractivity contribution is 9.10. The third-order valence-electron chi connectivity index (χ3n) is 24.4. The second kappa shape index (κ2) is 40.1. The van der Waals surface area contributed by atoms with Gasteiger partial charge < -0.3 is 79.1 Å². The van der Waals surface area contributed by atoms with E-state index in [4.69, 9.17) is 70.3 Å². The number of carboxylic acid groups (broad SMARTS) is 1. The van der Waals surface area contributed by atoms with Gasteiger partial charge in [-0.2, -0.15) is 8.42 Å². The Morgan fingerprint density at radius 1 is 0.611 bits per heavy atom. The predicted molar refractivity (Wildman–Crippen MR) is 480 cm³/mol. The summed E-state index contributed by atoms with van der Waals surface area (Å²) in [6.45, 7) is 19.6. The molecule has 8 fully saturated rings. The summed E-state index contributed by atoms with van der Waals surface area (Å²) in [5, 5.41) is 28.3. The maximum atomic E-state index is 14.7. The number of aliphatic carboxylic acids is 1. The van der Waals surface area contributed by atoms with E-state index >= 15 is 0 Å². The summed E-state index contributed by atoms with van der Waals surface area (Å²) in [6.07, 6.45) is 3.84. The predicted octanol–water partition coefficient (Wildman–Crippen LogP) is 14.4. The molecule has 686 valence electrons. The second-order valence-electron chi connectivity index (χ2n) is 35.5. The van der Waals surface area contributed by atoms with E-state index in [0.717, 1.165) is 42.1 Å². The van der Waals surface area contributed by atoms with Crippen LogP contribution in [0.15, 0.2) is 85.6 Å². The Morgan fingerprint density at radius 2 is 1.09 bits per heavy atom. The van der Waals surface area contributed by atoms with E-state index in [0.29, 0.717) is 134 Å². The van der Waals surface area contributed by atoms with Crippen LogP contribution in [0.25, 0.3) is 43.2 Å². The SMILES string of the molecule is C.C.CC[C@@H]1C[C@]1(NC(=O)[C@@H]1C[C@@H](Oc2cc(-c3nc(C)cs3)nc3c(Cl)c(OCCOC)ccc23)CN1C(=O)[C@@H](NC(=O)OC1C[C@@H]2C[C@@H]2C1)C(C)(C)C)C(=O)O.CC[C@@H]1C[C@]1(NC(=O)[C@@H]1C[C@H](OS(=O)(=O)c2ccc(Br)cc2)CN1C(=O)[C@@H](NC(=O)OC1C[C@@H]2C[C@@H]2C1)C(C)(C)C)C(=O)OC.COCCOc1ccc2c(=O)cc(-c3nc(C)cs3)[nH]c2c1Cl. The van der Waals surface area contributed by atoms with Gasteiger partial charge in [0, 0.05) is 83.1 Å². The number of halogens is 3. The molecule has 0 radical (unpaired) electrons. The number of thiazole rings is 2. The van der Waals surface area contributed by atoms with E-state index in [1.54, 1.807) is 83.5 Å². The smallest absolute Gasteiger partial charge is 0.408 e. The number of benzene rings is 3. The Kier molecular flexibility index (Phi) is 31.1. The molecule has 6 heterocycles. The minimum absolute atomic E-state index is 0. The first-order valence-electron chi connectivity index (χ1n) is 41.7. The first-order valence-corrected chi connectivity index (χ1v) is 46.4. The zero-order valence-corrected chi connectivity index (χ0v) is 77.0. The van der Waals surface area contributed by atoms with Crippen molar-refractivity contribution < 1.29 is 94.0 Å². The molecule has 2 aliphatic heterocycles. The molecule has 6 N–H and O–H groups in total. The minimum Gasteiger partial charge on any atom is -0.490 e. The van der Waals surface area contributed by atoms with Crippen molar-refractivity contribution in [1.29, 1.82) is 0 Å². The standard InChI is InChI=1S/C40H50ClN5O9S.C31H42BrN3O9S.C16H15ClN2O3S.2CH4/c1-7-23-17-40(23,37(49)50)45-34(47)28-15-25(18-46(28)36(48)33(39(3,4)5)44-38(51)55-24-13-21-12-22(21)14-24)54-30-16-27(35-42-20(2)19-56-35)43-32-26(30)8-9-29(31(32)41)53-11-10-52-6;1-6-19-15-31(19,28(38)42-5)34-26(36)24-14-22(44-45(40,41)23-9-7-20(32)8-10-23)16-35(24)27(37)25(30(2,3)4)33-29(39)43-21-12-17-11-18(17)13-21;1-9-8-23-16(18-9)11-7-12(20)10-3-4-13(22-6-5-21-2)14(17)15(10)19-11;;/h8-9,16,19,21-25,28,33H,7,10-15,17-18H2,1-6H3,(H,44,51)(H,45,47)(H,49,50);7-10,17-19,21-22,24-25H,6,11-16H2,1-5H3,(H,33,39)(H,34,36);3-4,7-8H,5-6H2,1-2H3,(H,19,20);2*1H4/t21-,22+,23-,24?,25-,28+,33-,40-;17-,18+,19-,21?,22+,24+,25-,31-;;;/m11.../s1. The third kappa shape index (κ3) is 22.2. The van der Waals surface area contributed by atoms with E-state index in [-0.39, 0.29) is 86.8 Å². The summed E-state index contributed by atoms with van der Waals surface area (Å²) in [6, 6.07) is 11.7. The number of likely N-dealkylation sites (tertiary alicyclic amines) is 2. The summed E-state index contributed by atoms with van der Waals surface area (Å²) in [7, 11) is 0.180. The molecule has 31 nitrogen and oxygen atoms in total. The number of esters is 1. The van der Waals surface area contributed by atoms with E-state index in [9.17, 15) is 56.7 Å². The molecule has 6 aliphatic carbocycles. The fourth-order valence-electron chi connectivity index (χ4n) is 17.3. The minimum atomic E-state index is -4.25. The number of hydrogen-bond donors (Lipinski definition) is 6. The first-order chi connectivity index (χ1) is 58.8. The molecule has 7 aromatic rings. The van der Waals surface area contributed by atoms with Crippen molar-refractivity contribution in [1.82, 2.24) is 51.0 Å². The van der Waals surface area contributed by atoms with Crippen LogP contribution in [0, 0.1) is 60.2 Å². The Bertz CT molecular complexity index is 5360. The number of amides is 6. The Hall–Kier alpha value is -8.81. The molecule has 6 saturated carbocycles. The van der Waals surface area contributed by atoms with Crippen LogP contribution in [-0.2, 0) is 66.8 Å². The molecule has 15 rings (SSSR count). The first kappa shape index (κ1) is 97.8. The lowest BCUT2D eigenvalue weighted by Crippen LogP contribution is -2.59. The number of ether oxygens (including phenoxy) is 8. The topological polar surface area (TPSA) is 400 Å². The number of H-pyrrole nitrogens is 1. The molecule has 2 saturated heterocycles. The second-order valence-corrected chi connectivity index (χ2v) is 40.4. The maximum Gasteiger partial charge on any atom is 0.408 e. The number of aromatic amines is 1. The number of methoxy groups -OCH3 is 3. The average molecular weight is 1910 g/mol. The molecule has 2 unspecified atom stereocenters. The van der Waals surface area contributed by atoms with Crippen molar-refractivity contribution in [2.45, 2.75) is 226 Å².